The molecule has 0 unspecified atom stereocenters. The molecule has 1 N–H and O–H groups in total. The van der Waals surface area contributed by atoms with Gasteiger partial charge < -0.3 is 5.32 Å². The number of hydrogen-bond donors (Lipinski definition) is 1. The van der Waals surface area contributed by atoms with Gasteiger partial charge in [-0.15, -0.1) is 0 Å². The largest absolute Gasteiger partial charge is 0.356 e. The SMILES string of the molecule is O=C(NCC1CCN([C@@H]2CCSC2)CC1)C1CCC1. The van der Waals surface area contributed by atoms with Crippen molar-refractivity contribution in [3.8, 4) is 0 Å². The molecule has 108 valence electrons. The van der Waals surface area contributed by atoms with Crippen LogP contribution in [0.25, 0.3) is 0 Å². The van der Waals surface area contributed by atoms with E-state index in [1.165, 1.54) is 50.3 Å². The quantitative estimate of drug-likeness (QED) is 0.857. The number of likely N-dealkylation sites (tertiary alicyclic amines) is 1. The highest BCUT2D eigenvalue weighted by atomic mass is 32.2. The third-order valence-corrected chi connectivity index (χ3v) is 6.26. The van der Waals surface area contributed by atoms with Crippen molar-refractivity contribution in [2.75, 3.05) is 31.1 Å². The van der Waals surface area contributed by atoms with E-state index in [2.05, 4.69) is 22.0 Å². The first-order chi connectivity index (χ1) is 9.33. The summed E-state index contributed by atoms with van der Waals surface area (Å²) in [6.07, 6.45) is 7.40. The lowest BCUT2D eigenvalue weighted by molar-refractivity contribution is -0.127. The van der Waals surface area contributed by atoms with Gasteiger partial charge in [0.2, 0.25) is 5.91 Å². The van der Waals surface area contributed by atoms with Crippen LogP contribution in [-0.4, -0.2) is 48.0 Å². The molecule has 3 rings (SSSR count). The average molecular weight is 282 g/mol. The molecule has 1 atom stereocenters. The summed E-state index contributed by atoms with van der Waals surface area (Å²) in [6.45, 7) is 3.41. The summed E-state index contributed by atoms with van der Waals surface area (Å²) in [5.74, 6) is 4.07. The Morgan fingerprint density at radius 2 is 1.95 bits per heavy atom. The molecule has 1 amide bonds. The summed E-state index contributed by atoms with van der Waals surface area (Å²) in [7, 11) is 0. The molecular formula is C15H26N2OS. The number of nitrogens with zero attached hydrogens (tertiary/aromatic N) is 1. The van der Waals surface area contributed by atoms with Crippen molar-refractivity contribution >= 4 is 17.7 Å². The van der Waals surface area contributed by atoms with Crippen LogP contribution in [0.4, 0.5) is 0 Å². The molecule has 3 aliphatic rings. The summed E-state index contributed by atoms with van der Waals surface area (Å²) in [5, 5.41) is 3.18. The van der Waals surface area contributed by atoms with Crippen LogP contribution < -0.4 is 5.32 Å². The molecule has 0 spiro atoms. The second-order valence-corrected chi connectivity index (χ2v) is 7.52. The van der Waals surface area contributed by atoms with Crippen molar-refractivity contribution in [2.45, 2.75) is 44.6 Å². The van der Waals surface area contributed by atoms with E-state index in [0.717, 1.165) is 25.4 Å². The minimum Gasteiger partial charge on any atom is -0.356 e. The van der Waals surface area contributed by atoms with Gasteiger partial charge in [0.05, 0.1) is 0 Å². The average Bonchev–Trinajstić information content (AvgIpc) is 2.89. The second-order valence-electron chi connectivity index (χ2n) is 6.37. The Morgan fingerprint density at radius 1 is 1.16 bits per heavy atom. The van der Waals surface area contributed by atoms with Crippen molar-refractivity contribution in [1.29, 1.82) is 0 Å². The molecule has 3 nitrogen and oxygen atoms in total. The van der Waals surface area contributed by atoms with Gasteiger partial charge in [-0.25, -0.2) is 0 Å². The first-order valence-electron chi connectivity index (χ1n) is 7.92. The van der Waals surface area contributed by atoms with E-state index < -0.39 is 0 Å². The highest BCUT2D eigenvalue weighted by Crippen LogP contribution is 2.28. The zero-order valence-electron chi connectivity index (χ0n) is 11.8. The summed E-state index contributed by atoms with van der Waals surface area (Å²) >= 11 is 2.10. The molecule has 0 radical (unpaired) electrons. The standard InChI is InChI=1S/C15H26N2OS/c18-15(13-2-1-3-13)16-10-12-4-7-17(8-5-12)14-6-9-19-11-14/h12-14H,1-11H2,(H,16,18)/t14-/m1/s1. The highest BCUT2D eigenvalue weighted by Gasteiger charge is 2.29. The molecule has 19 heavy (non-hydrogen) atoms. The highest BCUT2D eigenvalue weighted by molar-refractivity contribution is 7.99. The zero-order chi connectivity index (χ0) is 13.1. The fourth-order valence-corrected chi connectivity index (χ4v) is 4.65. The summed E-state index contributed by atoms with van der Waals surface area (Å²) < 4.78 is 0. The van der Waals surface area contributed by atoms with E-state index >= 15 is 0 Å². The van der Waals surface area contributed by atoms with Gasteiger partial charge in [0.15, 0.2) is 0 Å². The normalized spacial score (nSPS) is 30.2. The molecular weight excluding hydrogens is 256 g/mol. The lowest BCUT2D eigenvalue weighted by atomic mass is 9.84. The predicted molar refractivity (Wildman–Crippen MR) is 80.4 cm³/mol. The van der Waals surface area contributed by atoms with Crippen LogP contribution in [0.15, 0.2) is 0 Å². The summed E-state index contributed by atoms with van der Waals surface area (Å²) in [4.78, 5) is 14.5. The van der Waals surface area contributed by atoms with Crippen LogP contribution >= 0.6 is 11.8 Å². The third kappa shape index (κ3) is 3.46. The molecule has 1 saturated carbocycles. The third-order valence-electron chi connectivity index (χ3n) is 5.11. The van der Waals surface area contributed by atoms with Crippen LogP contribution in [0, 0.1) is 11.8 Å². The van der Waals surface area contributed by atoms with E-state index in [0.29, 0.717) is 17.7 Å². The van der Waals surface area contributed by atoms with E-state index in [9.17, 15) is 4.79 Å². The first-order valence-corrected chi connectivity index (χ1v) is 9.08. The zero-order valence-corrected chi connectivity index (χ0v) is 12.6. The van der Waals surface area contributed by atoms with Gasteiger partial charge in [-0.1, -0.05) is 6.42 Å². The summed E-state index contributed by atoms with van der Waals surface area (Å²) in [5.41, 5.74) is 0. The fraction of sp³-hybridized carbons (Fsp3) is 0.933. The molecule has 4 heteroatoms. The smallest absolute Gasteiger partial charge is 0.223 e. The second kappa shape index (κ2) is 6.49. The number of hydrogen-bond acceptors (Lipinski definition) is 3. The number of thioether (sulfide) groups is 1. The van der Waals surface area contributed by atoms with Crippen LogP contribution in [-0.2, 0) is 4.79 Å². The number of amides is 1. The Kier molecular flexibility index (Phi) is 4.69. The maximum Gasteiger partial charge on any atom is 0.223 e. The van der Waals surface area contributed by atoms with Gasteiger partial charge in [0, 0.05) is 24.3 Å². The van der Waals surface area contributed by atoms with Gasteiger partial charge in [0.1, 0.15) is 0 Å². The fourth-order valence-electron chi connectivity index (χ4n) is 3.39. The topological polar surface area (TPSA) is 32.3 Å². The Balaban J connectivity index is 1.34. The van der Waals surface area contributed by atoms with E-state index in [1.54, 1.807) is 0 Å². The molecule has 0 bridgehead atoms. The minimum atomic E-state index is 0.320. The molecule has 3 fully saturated rings. The van der Waals surface area contributed by atoms with E-state index in [-0.39, 0.29) is 0 Å². The number of carbonyl (C=O) groups excluding carboxylic acids is 1. The Hall–Kier alpha value is -0.220. The Bertz CT molecular complexity index is 305. The lowest BCUT2D eigenvalue weighted by Crippen LogP contribution is -2.44. The van der Waals surface area contributed by atoms with Gasteiger partial charge in [0.25, 0.3) is 0 Å². The number of piperidine rings is 1. The first kappa shape index (κ1) is 13.7. The molecule has 1 aliphatic carbocycles. The van der Waals surface area contributed by atoms with Gasteiger partial charge >= 0.3 is 0 Å². The lowest BCUT2D eigenvalue weighted by Gasteiger charge is -2.36. The van der Waals surface area contributed by atoms with Crippen molar-refractivity contribution in [2.24, 2.45) is 11.8 Å². The van der Waals surface area contributed by atoms with Crippen molar-refractivity contribution in [1.82, 2.24) is 10.2 Å². The molecule has 2 aliphatic heterocycles. The maximum absolute atomic E-state index is 11.8. The molecule has 0 aromatic heterocycles. The summed E-state index contributed by atoms with van der Waals surface area (Å²) in [6, 6.07) is 0.843. The monoisotopic (exact) mass is 282 g/mol. The molecule has 2 saturated heterocycles. The number of nitrogens with one attached hydrogen (secondary N) is 1. The van der Waals surface area contributed by atoms with Gasteiger partial charge in [-0.2, -0.15) is 11.8 Å². The van der Waals surface area contributed by atoms with E-state index in [1.807, 2.05) is 0 Å². The van der Waals surface area contributed by atoms with Crippen LogP contribution in [0.3, 0.4) is 0 Å². The van der Waals surface area contributed by atoms with Crippen LogP contribution in [0.5, 0.6) is 0 Å². The Labute approximate surface area is 120 Å². The predicted octanol–water partition coefficient (Wildman–Crippen LogP) is 2.12. The van der Waals surface area contributed by atoms with Gasteiger partial charge in [-0.05, 0) is 56.9 Å². The molecule has 0 aromatic rings. The Morgan fingerprint density at radius 3 is 2.53 bits per heavy atom. The molecule has 2 heterocycles. The number of rotatable bonds is 4. The maximum atomic E-state index is 11.8. The minimum absolute atomic E-state index is 0.320. The van der Waals surface area contributed by atoms with Crippen molar-refractivity contribution in [3.05, 3.63) is 0 Å². The van der Waals surface area contributed by atoms with Gasteiger partial charge in [-0.3, -0.25) is 9.69 Å². The molecule has 0 aromatic carbocycles. The van der Waals surface area contributed by atoms with Crippen LogP contribution in [0.2, 0.25) is 0 Å². The number of carbonyl (C=O) groups is 1. The van der Waals surface area contributed by atoms with Crippen molar-refractivity contribution in [3.63, 3.8) is 0 Å². The van der Waals surface area contributed by atoms with E-state index in [4.69, 9.17) is 0 Å². The van der Waals surface area contributed by atoms with Crippen molar-refractivity contribution < 1.29 is 4.79 Å². The van der Waals surface area contributed by atoms with Crippen LogP contribution in [0.1, 0.15) is 38.5 Å².